The van der Waals surface area contributed by atoms with Crippen molar-refractivity contribution in [1.29, 1.82) is 0 Å². The van der Waals surface area contributed by atoms with Gasteiger partial charge in [-0.2, -0.15) is 0 Å². The topological polar surface area (TPSA) is 74.6 Å². The minimum atomic E-state index is -2.59. The Morgan fingerprint density at radius 3 is 2.54 bits per heavy atom. The molecule has 2 aliphatic carbocycles. The number of fused-ring (bicyclic) bond motifs is 1. The van der Waals surface area contributed by atoms with Crippen molar-refractivity contribution in [2.24, 2.45) is 11.8 Å². The van der Waals surface area contributed by atoms with Crippen LogP contribution in [0.5, 0.6) is 0 Å². The van der Waals surface area contributed by atoms with Crippen molar-refractivity contribution in [2.75, 3.05) is 0 Å². The second-order valence-electron chi connectivity index (χ2n) is 7.01. The number of thiol groups is 1. The lowest BCUT2D eigenvalue weighted by atomic mass is 9.76. The number of hydrogen-bond acceptors (Lipinski definition) is 4. The summed E-state index contributed by atoms with van der Waals surface area (Å²) in [4.78, 5) is 0.266. The average Bonchev–Trinajstić information content (AvgIpc) is 2.84. The van der Waals surface area contributed by atoms with E-state index < -0.39 is 23.2 Å². The quantitative estimate of drug-likeness (QED) is 0.428. The molecule has 26 heavy (non-hydrogen) atoms. The van der Waals surface area contributed by atoms with E-state index in [-0.39, 0.29) is 23.2 Å². The summed E-state index contributed by atoms with van der Waals surface area (Å²) in [6, 6.07) is 6.53. The van der Waals surface area contributed by atoms with Gasteiger partial charge in [0.2, 0.25) is 0 Å². The van der Waals surface area contributed by atoms with Gasteiger partial charge in [-0.25, -0.2) is 12.8 Å². The van der Waals surface area contributed by atoms with E-state index in [1.807, 2.05) is 6.92 Å². The Morgan fingerprint density at radius 1 is 1.23 bits per heavy atom. The van der Waals surface area contributed by atoms with Crippen LogP contribution in [0, 0.1) is 11.8 Å². The molecular formula is C20H23FO4S. The van der Waals surface area contributed by atoms with Crippen molar-refractivity contribution in [3.63, 3.8) is 0 Å². The first-order chi connectivity index (χ1) is 12.4. The second-order valence-corrected chi connectivity index (χ2v) is 8.04. The molecule has 0 saturated heterocycles. The maximum Gasteiger partial charge on any atom is 0.168 e. The van der Waals surface area contributed by atoms with Crippen molar-refractivity contribution < 1.29 is 23.0 Å². The van der Waals surface area contributed by atoms with E-state index in [4.69, 9.17) is 0 Å². The highest BCUT2D eigenvalue weighted by molar-refractivity contribution is 7.72. The lowest BCUT2D eigenvalue weighted by Gasteiger charge is -2.30. The molecule has 1 aromatic carbocycles. The number of alkyl halides is 1. The molecule has 2 N–H and O–H groups in total. The highest BCUT2D eigenvalue weighted by Crippen LogP contribution is 2.50. The number of halogens is 1. The van der Waals surface area contributed by atoms with E-state index in [0.29, 0.717) is 12.8 Å². The molecule has 1 fully saturated rings. The maximum absolute atomic E-state index is 13.9. The average molecular weight is 378 g/mol. The molecule has 1 aromatic rings. The predicted molar refractivity (Wildman–Crippen MR) is 97.8 cm³/mol. The van der Waals surface area contributed by atoms with Gasteiger partial charge in [-0.1, -0.05) is 17.7 Å². The summed E-state index contributed by atoms with van der Waals surface area (Å²) in [7, 11) is -2.59. The van der Waals surface area contributed by atoms with E-state index >= 15 is 0 Å². The Labute approximate surface area is 154 Å². The molecule has 6 heteroatoms. The van der Waals surface area contributed by atoms with Crippen LogP contribution in [0.25, 0.3) is 6.08 Å². The fourth-order valence-corrected chi connectivity index (χ4v) is 4.54. The molecule has 0 spiro atoms. The zero-order valence-corrected chi connectivity index (χ0v) is 15.5. The van der Waals surface area contributed by atoms with E-state index in [0.717, 1.165) is 28.7 Å². The van der Waals surface area contributed by atoms with E-state index in [1.54, 1.807) is 30.3 Å². The number of aliphatic hydroxyl groups excluding tert-OH is 1. The monoisotopic (exact) mass is 378 g/mol. The molecule has 1 unspecified atom stereocenters. The fraction of sp³-hybridized carbons (Fsp3) is 0.450. The Kier molecular flexibility index (Phi) is 5.78. The highest BCUT2D eigenvalue weighted by atomic mass is 32.2. The van der Waals surface area contributed by atoms with Crippen LogP contribution >= 0.6 is 0 Å². The number of benzene rings is 1. The Bertz CT molecular complexity index is 837. The summed E-state index contributed by atoms with van der Waals surface area (Å²) in [5, 5.41) is 18.8. The van der Waals surface area contributed by atoms with Crippen molar-refractivity contribution in [3.8, 4) is 0 Å². The van der Waals surface area contributed by atoms with Crippen LogP contribution in [0.2, 0.25) is 0 Å². The second kappa shape index (κ2) is 7.89. The van der Waals surface area contributed by atoms with Crippen LogP contribution < -0.4 is 0 Å². The first-order valence-corrected chi connectivity index (χ1v) is 9.96. The van der Waals surface area contributed by atoms with Crippen molar-refractivity contribution in [3.05, 3.63) is 52.3 Å². The van der Waals surface area contributed by atoms with Gasteiger partial charge in [-0.15, -0.1) is 5.73 Å². The zero-order valence-electron chi connectivity index (χ0n) is 14.6. The van der Waals surface area contributed by atoms with Crippen LogP contribution in [0.1, 0.15) is 38.2 Å². The van der Waals surface area contributed by atoms with E-state index in [1.165, 1.54) is 0 Å². The molecule has 2 aliphatic rings. The zero-order chi connectivity index (χ0) is 18.8. The van der Waals surface area contributed by atoms with Gasteiger partial charge >= 0.3 is 0 Å². The van der Waals surface area contributed by atoms with Gasteiger partial charge in [-0.3, -0.25) is 0 Å². The molecule has 3 atom stereocenters. The largest absolute Gasteiger partial charge is 0.368 e. The number of aliphatic hydroxyl groups is 2. The van der Waals surface area contributed by atoms with Gasteiger partial charge in [0.15, 0.2) is 17.0 Å². The van der Waals surface area contributed by atoms with E-state index in [9.17, 15) is 23.0 Å². The molecule has 0 aromatic heterocycles. The molecule has 0 bridgehead atoms. The minimum Gasteiger partial charge on any atom is -0.368 e. The maximum atomic E-state index is 13.9. The Hall–Kier alpha value is -1.72. The molecule has 140 valence electrons. The van der Waals surface area contributed by atoms with Crippen molar-refractivity contribution in [1.82, 2.24) is 0 Å². The van der Waals surface area contributed by atoms with Gasteiger partial charge < -0.3 is 10.2 Å². The van der Waals surface area contributed by atoms with Crippen molar-refractivity contribution >= 4 is 16.8 Å². The number of rotatable bonds is 4. The summed E-state index contributed by atoms with van der Waals surface area (Å²) in [5.74, 6) is 0.158. The Morgan fingerprint density at radius 2 is 1.92 bits per heavy atom. The third-order valence-electron chi connectivity index (χ3n) is 5.39. The van der Waals surface area contributed by atoms with Crippen LogP contribution in [0.15, 0.2) is 51.6 Å². The first kappa shape index (κ1) is 19.1. The first-order valence-electron chi connectivity index (χ1n) is 8.78. The smallest absolute Gasteiger partial charge is 0.168 e. The molecule has 3 rings (SSSR count). The van der Waals surface area contributed by atoms with Crippen LogP contribution in [-0.4, -0.2) is 31.1 Å². The van der Waals surface area contributed by atoms with E-state index in [2.05, 4.69) is 5.73 Å². The summed E-state index contributed by atoms with van der Waals surface area (Å²) in [6.45, 7) is 1.94. The fourth-order valence-electron chi connectivity index (χ4n) is 4.15. The molecule has 0 radical (unpaired) electrons. The standard InChI is InChI=1S/C20H23FO4S/c1-12-16(8-4-13-2-6-15(7-3-13)26(24)25)17-9-5-14(21)10-19(17)18(12)11-20(22)23/h2-4,6-7,14,17,19-20,22-23,26H,5,9-11H2,1H3/t8?,14?,17-,19-/m0/s1. The number of hydrogen-bond donors (Lipinski definition) is 3. The van der Waals surface area contributed by atoms with Gasteiger partial charge in [-0.05, 0) is 67.4 Å². The molecule has 4 nitrogen and oxygen atoms in total. The molecule has 1 saturated carbocycles. The summed E-state index contributed by atoms with van der Waals surface area (Å²) in [5.41, 5.74) is 7.03. The third kappa shape index (κ3) is 3.99. The van der Waals surface area contributed by atoms with Crippen LogP contribution in [0.3, 0.4) is 0 Å². The SMILES string of the molecule is CC1=C(CC(O)O)[C@H]2CC(F)CC[C@H]2C1=C=Cc1ccc([SH](=O)=O)cc1. The normalized spacial score (nSPS) is 25.6. The summed E-state index contributed by atoms with van der Waals surface area (Å²) in [6.07, 6.45) is 1.30. The highest BCUT2D eigenvalue weighted by Gasteiger charge is 2.41. The van der Waals surface area contributed by atoms with Crippen LogP contribution in [-0.2, 0) is 10.7 Å². The van der Waals surface area contributed by atoms with Gasteiger partial charge in [0.1, 0.15) is 6.17 Å². The molecule has 0 amide bonds. The third-order valence-corrected chi connectivity index (χ3v) is 6.11. The summed E-state index contributed by atoms with van der Waals surface area (Å²) < 4.78 is 35.8. The van der Waals surface area contributed by atoms with Crippen molar-refractivity contribution in [2.45, 2.75) is 50.0 Å². The molecule has 0 aliphatic heterocycles. The number of allylic oxidation sites excluding steroid dienone is 2. The predicted octanol–water partition coefficient (Wildman–Crippen LogP) is 2.98. The van der Waals surface area contributed by atoms with Gasteiger partial charge in [0.25, 0.3) is 0 Å². The minimum absolute atomic E-state index is 0.00307. The molecular weight excluding hydrogens is 355 g/mol. The lowest BCUT2D eigenvalue weighted by Crippen LogP contribution is -2.25. The summed E-state index contributed by atoms with van der Waals surface area (Å²) >= 11 is 0. The van der Waals surface area contributed by atoms with Gasteiger partial charge in [0, 0.05) is 12.0 Å². The van der Waals surface area contributed by atoms with Gasteiger partial charge in [0.05, 0.1) is 4.90 Å². The Balaban J connectivity index is 1.96. The van der Waals surface area contributed by atoms with Crippen LogP contribution in [0.4, 0.5) is 4.39 Å². The lowest BCUT2D eigenvalue weighted by molar-refractivity contribution is -0.0405. The molecule has 0 heterocycles.